The Bertz CT molecular complexity index is 957. The van der Waals surface area contributed by atoms with Gasteiger partial charge in [0.15, 0.2) is 17.8 Å². The van der Waals surface area contributed by atoms with Crippen molar-refractivity contribution in [1.82, 2.24) is 0 Å². The maximum Gasteiger partial charge on any atom is 0.343 e. The maximum absolute atomic E-state index is 13.4. The molecule has 2 spiro atoms. The van der Waals surface area contributed by atoms with Crippen LogP contribution in [0.3, 0.4) is 0 Å². The number of ether oxygens (including phenoxy) is 4. The van der Waals surface area contributed by atoms with Crippen LogP contribution in [0, 0.1) is 28.1 Å². The normalized spacial score (nSPS) is 61.0. The Morgan fingerprint density at radius 3 is 2.19 bits per heavy atom. The largest absolute Gasteiger partial charge is 0.456 e. The molecule has 4 N–H and O–H groups in total. The second-order valence-corrected chi connectivity index (χ2v) is 10.8. The predicted molar refractivity (Wildman–Crippen MR) is 93.4 cm³/mol. The number of fused-ring (bicyclic) bond motifs is 1. The van der Waals surface area contributed by atoms with E-state index in [9.17, 15) is 34.8 Å². The number of aliphatic hydroxyl groups excluding tert-OH is 3. The molecule has 6 aliphatic rings. The van der Waals surface area contributed by atoms with E-state index in [0.29, 0.717) is 0 Å². The SMILES string of the molecule is C[C@H]1C(=O)O[C@H]2[C@H](O)[C@]34[C@H]5OC(=O)[C@]3(O[C@@H]3OC(=O)[C@@H](O)[C@@]34[C@H](C(C)(C)C)[C@H]5O)[C@]12O. The fourth-order valence-corrected chi connectivity index (χ4v) is 8.27. The highest BCUT2D eigenvalue weighted by Crippen LogP contribution is 2.84. The van der Waals surface area contributed by atoms with Gasteiger partial charge in [0.25, 0.3) is 0 Å². The first kappa shape index (κ1) is 19.9. The van der Waals surface area contributed by atoms with Gasteiger partial charge in [0.1, 0.15) is 12.2 Å². The third kappa shape index (κ3) is 1.43. The molecule has 0 aromatic rings. The van der Waals surface area contributed by atoms with Crippen LogP contribution in [0.1, 0.15) is 27.7 Å². The van der Waals surface area contributed by atoms with Gasteiger partial charge >= 0.3 is 17.9 Å². The maximum atomic E-state index is 13.4. The zero-order valence-corrected chi connectivity index (χ0v) is 17.3. The van der Waals surface area contributed by atoms with Crippen LogP contribution in [0.25, 0.3) is 0 Å². The third-order valence-electron chi connectivity index (χ3n) is 8.95. The van der Waals surface area contributed by atoms with Crippen molar-refractivity contribution in [3.05, 3.63) is 0 Å². The van der Waals surface area contributed by atoms with Gasteiger partial charge in [-0.2, -0.15) is 0 Å². The summed E-state index contributed by atoms with van der Waals surface area (Å²) in [5.41, 5.74) is -9.40. The van der Waals surface area contributed by atoms with Gasteiger partial charge in [-0.1, -0.05) is 20.8 Å². The monoisotopic (exact) mass is 440 g/mol. The first-order valence-corrected chi connectivity index (χ1v) is 10.3. The average Bonchev–Trinajstić information content (AvgIpc) is 3.35. The van der Waals surface area contributed by atoms with Crippen molar-refractivity contribution in [1.29, 1.82) is 0 Å². The zero-order chi connectivity index (χ0) is 22.7. The van der Waals surface area contributed by atoms with Crippen molar-refractivity contribution in [2.24, 2.45) is 28.1 Å². The molecule has 0 aromatic heterocycles. The standard InChI is InChI=1S/C20H24O11/c1-5-12(24)28-11-8(22)18-10-6(21)7(16(2,3)4)17(18)9(23)13(25)30-15(17)31-20(18,14(26)29-10)19(5,11)27/h5-11,15,21-23,27H,1-4H3/t5-,6+,7-,8-,9+,10-,11-,15-,17-,18+,19-,20+/m0/s1. The summed E-state index contributed by atoms with van der Waals surface area (Å²) in [5.74, 6) is -5.22. The van der Waals surface area contributed by atoms with Crippen LogP contribution in [0.4, 0.5) is 0 Å². The first-order valence-electron chi connectivity index (χ1n) is 10.3. The minimum Gasteiger partial charge on any atom is -0.456 e. The van der Waals surface area contributed by atoms with E-state index in [1.54, 1.807) is 20.8 Å². The molecule has 2 saturated carbocycles. The highest BCUT2D eigenvalue weighted by atomic mass is 16.8. The van der Waals surface area contributed by atoms with Crippen LogP contribution in [0.2, 0.25) is 0 Å². The Balaban J connectivity index is 1.75. The molecule has 0 unspecified atom stereocenters. The molecule has 31 heavy (non-hydrogen) atoms. The average molecular weight is 440 g/mol. The van der Waals surface area contributed by atoms with Crippen molar-refractivity contribution in [2.45, 2.75) is 75.7 Å². The number of carbonyl (C=O) groups excluding carboxylic acids is 3. The van der Waals surface area contributed by atoms with Crippen LogP contribution >= 0.6 is 0 Å². The van der Waals surface area contributed by atoms with E-state index in [1.807, 2.05) is 0 Å². The number of hydrogen-bond acceptors (Lipinski definition) is 11. The minimum atomic E-state index is -2.40. The Morgan fingerprint density at radius 1 is 0.935 bits per heavy atom. The van der Waals surface area contributed by atoms with Gasteiger partial charge in [-0.25, -0.2) is 9.59 Å². The van der Waals surface area contributed by atoms with Gasteiger partial charge in [0.05, 0.1) is 22.9 Å². The van der Waals surface area contributed by atoms with Crippen LogP contribution in [0.15, 0.2) is 0 Å². The Kier molecular flexibility index (Phi) is 3.15. The molecule has 2 aliphatic carbocycles. The Morgan fingerprint density at radius 2 is 1.58 bits per heavy atom. The van der Waals surface area contributed by atoms with Crippen LogP contribution in [-0.4, -0.2) is 86.3 Å². The van der Waals surface area contributed by atoms with Gasteiger partial charge in [0, 0.05) is 5.92 Å². The van der Waals surface area contributed by atoms with E-state index in [-0.39, 0.29) is 0 Å². The summed E-state index contributed by atoms with van der Waals surface area (Å²) in [4.78, 5) is 38.3. The van der Waals surface area contributed by atoms with Crippen molar-refractivity contribution in [3.8, 4) is 0 Å². The second-order valence-electron chi connectivity index (χ2n) is 10.8. The highest BCUT2D eigenvalue weighted by molar-refractivity contribution is 5.94. The lowest BCUT2D eigenvalue weighted by Gasteiger charge is -2.47. The van der Waals surface area contributed by atoms with E-state index in [0.717, 1.165) is 0 Å². The number of aliphatic hydroxyl groups is 4. The molecule has 12 atom stereocenters. The lowest BCUT2D eigenvalue weighted by molar-refractivity contribution is -0.240. The fraction of sp³-hybridized carbons (Fsp3) is 0.850. The topological polar surface area (TPSA) is 169 Å². The van der Waals surface area contributed by atoms with E-state index in [4.69, 9.17) is 18.9 Å². The Labute approximate surface area is 176 Å². The quantitative estimate of drug-likeness (QED) is 0.234. The van der Waals surface area contributed by atoms with Gasteiger partial charge in [-0.3, -0.25) is 4.79 Å². The molecule has 0 aromatic carbocycles. The molecular formula is C20H24O11. The smallest absolute Gasteiger partial charge is 0.343 e. The number of hydrogen-bond donors (Lipinski definition) is 4. The zero-order valence-electron chi connectivity index (χ0n) is 17.3. The fourth-order valence-electron chi connectivity index (χ4n) is 8.27. The molecule has 11 nitrogen and oxygen atoms in total. The van der Waals surface area contributed by atoms with E-state index >= 15 is 0 Å². The molecule has 4 heterocycles. The lowest BCUT2D eigenvalue weighted by atomic mass is 9.51. The molecule has 0 amide bonds. The summed E-state index contributed by atoms with van der Waals surface area (Å²) in [6.07, 6.45) is -9.69. The molecule has 0 bridgehead atoms. The third-order valence-corrected chi connectivity index (χ3v) is 8.95. The number of carbonyl (C=O) groups is 3. The minimum absolute atomic E-state index is 0.792. The Hall–Kier alpha value is -1.79. The molecule has 6 fully saturated rings. The van der Waals surface area contributed by atoms with Crippen LogP contribution < -0.4 is 0 Å². The van der Waals surface area contributed by atoms with E-state index < -0.39 is 94.0 Å². The van der Waals surface area contributed by atoms with Crippen LogP contribution in [-0.2, 0) is 33.3 Å². The van der Waals surface area contributed by atoms with Gasteiger partial charge in [-0.05, 0) is 12.3 Å². The summed E-state index contributed by atoms with van der Waals surface area (Å²) in [5, 5.41) is 46.1. The lowest BCUT2D eigenvalue weighted by Crippen LogP contribution is -2.67. The molecule has 4 aliphatic heterocycles. The second kappa shape index (κ2) is 4.91. The van der Waals surface area contributed by atoms with Gasteiger partial charge < -0.3 is 39.4 Å². The summed E-state index contributed by atoms with van der Waals surface area (Å²) < 4.78 is 22.2. The molecule has 11 heteroatoms. The van der Waals surface area contributed by atoms with E-state index in [1.165, 1.54) is 6.92 Å². The van der Waals surface area contributed by atoms with Crippen molar-refractivity contribution >= 4 is 17.9 Å². The first-order chi connectivity index (χ1) is 14.3. The van der Waals surface area contributed by atoms with Gasteiger partial charge in [0.2, 0.25) is 11.9 Å². The predicted octanol–water partition coefficient (Wildman–Crippen LogP) is -2.40. The summed E-state index contributed by atoms with van der Waals surface area (Å²) in [6.45, 7) is 6.63. The highest BCUT2D eigenvalue weighted by Gasteiger charge is 3.05. The van der Waals surface area contributed by atoms with Crippen LogP contribution in [0.5, 0.6) is 0 Å². The summed E-state index contributed by atoms with van der Waals surface area (Å²) >= 11 is 0. The number of rotatable bonds is 0. The van der Waals surface area contributed by atoms with Gasteiger partial charge in [-0.15, -0.1) is 0 Å². The molecular weight excluding hydrogens is 416 g/mol. The van der Waals surface area contributed by atoms with Crippen molar-refractivity contribution in [3.63, 3.8) is 0 Å². The molecule has 4 saturated heterocycles. The number of esters is 3. The summed E-state index contributed by atoms with van der Waals surface area (Å²) in [7, 11) is 0. The van der Waals surface area contributed by atoms with E-state index in [2.05, 4.69) is 0 Å². The molecule has 170 valence electrons. The molecule has 0 radical (unpaired) electrons. The van der Waals surface area contributed by atoms with Crippen molar-refractivity contribution < 1.29 is 53.8 Å². The van der Waals surface area contributed by atoms with Crippen molar-refractivity contribution in [2.75, 3.05) is 0 Å². The summed E-state index contributed by atoms with van der Waals surface area (Å²) in [6, 6.07) is 0. The molecule has 6 rings (SSSR count).